The third-order valence-electron chi connectivity index (χ3n) is 4.46. The summed E-state index contributed by atoms with van der Waals surface area (Å²) in [6, 6.07) is 16.4. The number of nitrogens with zero attached hydrogens (tertiary/aromatic N) is 1. The van der Waals surface area contributed by atoms with E-state index in [4.69, 9.17) is 0 Å². The van der Waals surface area contributed by atoms with Crippen molar-refractivity contribution in [2.45, 2.75) is 12.4 Å². The van der Waals surface area contributed by atoms with Crippen LogP contribution in [0.2, 0.25) is 0 Å². The molecular formula is C21H12F6N2. The van der Waals surface area contributed by atoms with E-state index in [0.717, 1.165) is 29.0 Å². The normalized spacial score (nSPS) is 12.5. The Morgan fingerprint density at radius 1 is 0.690 bits per heavy atom. The van der Waals surface area contributed by atoms with E-state index < -0.39 is 29.1 Å². The predicted octanol–water partition coefficient (Wildman–Crippen LogP) is 7.17. The summed E-state index contributed by atoms with van der Waals surface area (Å²) in [6.45, 7) is 0. The van der Waals surface area contributed by atoms with E-state index in [1.807, 2.05) is 24.3 Å². The molecule has 1 N–H and O–H groups in total. The maximum atomic E-state index is 13.3. The molecule has 0 amide bonds. The van der Waals surface area contributed by atoms with Crippen molar-refractivity contribution >= 4 is 33.1 Å². The van der Waals surface area contributed by atoms with Gasteiger partial charge in [0, 0.05) is 11.1 Å². The lowest BCUT2D eigenvalue weighted by molar-refractivity contribution is -0.142. The number of fused-ring (bicyclic) bond motifs is 2. The SMILES string of the molecule is FC(F)(F)c1cc(Nc2ccc3ccccc3c2)c2cccc(C(F)(F)F)c2n1. The second-order valence-electron chi connectivity index (χ2n) is 6.44. The van der Waals surface area contributed by atoms with Gasteiger partial charge in [-0.2, -0.15) is 26.3 Å². The number of nitrogens with one attached hydrogen (secondary N) is 1. The fourth-order valence-corrected chi connectivity index (χ4v) is 3.15. The number of anilines is 2. The number of rotatable bonds is 2. The first-order valence-corrected chi connectivity index (χ1v) is 8.47. The standard InChI is InChI=1S/C21H12F6N2/c22-20(23,24)16-7-3-6-15-17(11-18(21(25,26)27)29-19(15)16)28-14-9-8-12-4-1-2-5-13(12)10-14/h1-11H,(H,28,29). The summed E-state index contributed by atoms with van der Waals surface area (Å²) in [6.07, 6.45) is -9.73. The fraction of sp³-hybridized carbons (Fsp3) is 0.0952. The average Bonchev–Trinajstić information content (AvgIpc) is 2.66. The van der Waals surface area contributed by atoms with E-state index in [1.54, 1.807) is 18.2 Å². The maximum absolute atomic E-state index is 13.3. The van der Waals surface area contributed by atoms with E-state index in [1.165, 1.54) is 6.07 Å². The van der Waals surface area contributed by atoms with Crippen LogP contribution in [-0.4, -0.2) is 4.98 Å². The molecular weight excluding hydrogens is 394 g/mol. The smallest absolute Gasteiger partial charge is 0.355 e. The van der Waals surface area contributed by atoms with Gasteiger partial charge in [-0.3, -0.25) is 0 Å². The molecule has 0 aliphatic heterocycles. The largest absolute Gasteiger partial charge is 0.433 e. The van der Waals surface area contributed by atoms with Crippen LogP contribution in [0.3, 0.4) is 0 Å². The Labute approximate surface area is 160 Å². The predicted molar refractivity (Wildman–Crippen MR) is 99.0 cm³/mol. The van der Waals surface area contributed by atoms with Crippen LogP contribution in [0.5, 0.6) is 0 Å². The molecule has 0 aliphatic rings. The Hall–Kier alpha value is -3.29. The zero-order valence-electron chi connectivity index (χ0n) is 14.6. The first-order chi connectivity index (χ1) is 13.6. The minimum absolute atomic E-state index is 0.0546. The van der Waals surface area contributed by atoms with E-state index in [-0.39, 0.29) is 11.1 Å². The Kier molecular flexibility index (Phi) is 4.37. The quantitative estimate of drug-likeness (QED) is 0.357. The molecule has 4 aromatic rings. The van der Waals surface area contributed by atoms with Crippen molar-refractivity contribution in [3.8, 4) is 0 Å². The van der Waals surface area contributed by atoms with Crippen molar-refractivity contribution in [2.24, 2.45) is 0 Å². The molecule has 1 aromatic heterocycles. The van der Waals surface area contributed by atoms with Crippen molar-refractivity contribution in [3.05, 3.63) is 78.0 Å². The van der Waals surface area contributed by atoms with Crippen molar-refractivity contribution < 1.29 is 26.3 Å². The fourth-order valence-electron chi connectivity index (χ4n) is 3.15. The molecule has 4 rings (SSSR count). The van der Waals surface area contributed by atoms with Gasteiger partial charge in [0.05, 0.1) is 16.8 Å². The van der Waals surface area contributed by atoms with Gasteiger partial charge in [0.1, 0.15) is 5.69 Å². The number of alkyl halides is 6. The summed E-state index contributed by atoms with van der Waals surface area (Å²) in [7, 11) is 0. The van der Waals surface area contributed by atoms with Crippen LogP contribution in [0.1, 0.15) is 11.3 Å². The number of hydrogen-bond donors (Lipinski definition) is 1. The molecule has 8 heteroatoms. The molecule has 0 saturated heterocycles. The average molecular weight is 406 g/mol. The Balaban J connectivity index is 1.92. The van der Waals surface area contributed by atoms with Gasteiger partial charge in [0.15, 0.2) is 0 Å². The van der Waals surface area contributed by atoms with Crippen LogP contribution in [0.4, 0.5) is 37.7 Å². The van der Waals surface area contributed by atoms with E-state index in [2.05, 4.69) is 10.3 Å². The number of benzene rings is 3. The highest BCUT2D eigenvalue weighted by Gasteiger charge is 2.37. The third-order valence-corrected chi connectivity index (χ3v) is 4.46. The van der Waals surface area contributed by atoms with Crippen LogP contribution in [0.25, 0.3) is 21.7 Å². The topological polar surface area (TPSA) is 24.9 Å². The summed E-state index contributed by atoms with van der Waals surface area (Å²) in [5, 5.41) is 4.53. The van der Waals surface area contributed by atoms with Gasteiger partial charge in [-0.05, 0) is 35.0 Å². The van der Waals surface area contributed by atoms with Gasteiger partial charge in [-0.25, -0.2) is 4.98 Å². The van der Waals surface area contributed by atoms with Crippen LogP contribution < -0.4 is 5.32 Å². The van der Waals surface area contributed by atoms with Gasteiger partial charge in [0.25, 0.3) is 0 Å². The molecule has 0 spiro atoms. The highest BCUT2D eigenvalue weighted by Crippen LogP contribution is 2.39. The molecule has 29 heavy (non-hydrogen) atoms. The molecule has 3 aromatic carbocycles. The molecule has 0 radical (unpaired) electrons. The van der Waals surface area contributed by atoms with Crippen molar-refractivity contribution in [1.82, 2.24) is 4.98 Å². The zero-order valence-corrected chi connectivity index (χ0v) is 14.6. The highest BCUT2D eigenvalue weighted by molar-refractivity contribution is 5.96. The summed E-state index contributed by atoms with van der Waals surface area (Å²) < 4.78 is 79.9. The molecule has 0 atom stereocenters. The summed E-state index contributed by atoms with van der Waals surface area (Å²) in [5.41, 5.74) is -3.03. The van der Waals surface area contributed by atoms with Gasteiger partial charge >= 0.3 is 12.4 Å². The number of pyridine rings is 1. The van der Waals surface area contributed by atoms with E-state index >= 15 is 0 Å². The zero-order chi connectivity index (χ0) is 20.8. The monoisotopic (exact) mass is 406 g/mol. The van der Waals surface area contributed by atoms with Crippen molar-refractivity contribution in [3.63, 3.8) is 0 Å². The minimum Gasteiger partial charge on any atom is -0.355 e. The number of halogens is 6. The molecule has 1 heterocycles. The number of aromatic nitrogens is 1. The Morgan fingerprint density at radius 2 is 1.41 bits per heavy atom. The Bertz CT molecular complexity index is 1210. The summed E-state index contributed by atoms with van der Waals surface area (Å²) >= 11 is 0. The first kappa shape index (κ1) is 19.0. The van der Waals surface area contributed by atoms with Gasteiger partial charge in [-0.15, -0.1) is 0 Å². The highest BCUT2D eigenvalue weighted by atomic mass is 19.4. The van der Waals surface area contributed by atoms with Gasteiger partial charge in [-0.1, -0.05) is 42.5 Å². The lowest BCUT2D eigenvalue weighted by atomic mass is 10.1. The second-order valence-corrected chi connectivity index (χ2v) is 6.44. The minimum atomic E-state index is -4.90. The number of para-hydroxylation sites is 1. The summed E-state index contributed by atoms with van der Waals surface area (Å²) in [5.74, 6) is 0. The van der Waals surface area contributed by atoms with Gasteiger partial charge < -0.3 is 5.32 Å². The third kappa shape index (κ3) is 3.70. The molecule has 0 bridgehead atoms. The van der Waals surface area contributed by atoms with E-state index in [0.29, 0.717) is 5.69 Å². The van der Waals surface area contributed by atoms with Crippen LogP contribution >= 0.6 is 0 Å². The molecule has 0 saturated carbocycles. The molecule has 0 aliphatic carbocycles. The molecule has 0 fully saturated rings. The lowest BCUT2D eigenvalue weighted by Crippen LogP contribution is -2.12. The van der Waals surface area contributed by atoms with Crippen LogP contribution in [0.15, 0.2) is 66.7 Å². The Morgan fingerprint density at radius 3 is 2.10 bits per heavy atom. The van der Waals surface area contributed by atoms with Crippen molar-refractivity contribution in [1.29, 1.82) is 0 Å². The van der Waals surface area contributed by atoms with Crippen LogP contribution in [0, 0.1) is 0 Å². The molecule has 148 valence electrons. The lowest BCUT2D eigenvalue weighted by Gasteiger charge is -2.16. The molecule has 0 unspecified atom stereocenters. The van der Waals surface area contributed by atoms with Crippen molar-refractivity contribution in [2.75, 3.05) is 5.32 Å². The maximum Gasteiger partial charge on any atom is 0.433 e. The first-order valence-electron chi connectivity index (χ1n) is 8.47. The molecule has 2 nitrogen and oxygen atoms in total. The second kappa shape index (κ2) is 6.65. The number of hydrogen-bond acceptors (Lipinski definition) is 2. The van der Waals surface area contributed by atoms with Gasteiger partial charge in [0.2, 0.25) is 0 Å². The van der Waals surface area contributed by atoms with E-state index in [9.17, 15) is 26.3 Å². The summed E-state index contributed by atoms with van der Waals surface area (Å²) in [4.78, 5) is 3.28. The van der Waals surface area contributed by atoms with Crippen LogP contribution in [-0.2, 0) is 12.4 Å².